The maximum atomic E-state index is 12.6. The molecule has 0 unspecified atom stereocenters. The third-order valence-corrected chi connectivity index (χ3v) is 4.13. The number of benzene rings is 2. The van der Waals surface area contributed by atoms with Crippen LogP contribution in [0.5, 0.6) is 5.75 Å². The number of amides is 1. The van der Waals surface area contributed by atoms with Crippen molar-refractivity contribution in [2.24, 2.45) is 0 Å². The van der Waals surface area contributed by atoms with Gasteiger partial charge in [-0.3, -0.25) is 4.79 Å². The SMILES string of the molecule is COc1ccccc1[C@@H](C#N)NC(=O)[C@H](C)c1cc2ccccc2o1. The molecule has 2 atom stereocenters. The zero-order valence-corrected chi connectivity index (χ0v) is 14.0. The largest absolute Gasteiger partial charge is 0.496 e. The van der Waals surface area contributed by atoms with Crippen molar-refractivity contribution in [1.29, 1.82) is 5.26 Å². The highest BCUT2D eigenvalue weighted by Gasteiger charge is 2.24. The van der Waals surface area contributed by atoms with Gasteiger partial charge in [-0.25, -0.2) is 0 Å². The summed E-state index contributed by atoms with van der Waals surface area (Å²) in [5.41, 5.74) is 1.36. The van der Waals surface area contributed by atoms with Crippen LogP contribution < -0.4 is 10.1 Å². The van der Waals surface area contributed by atoms with E-state index in [-0.39, 0.29) is 5.91 Å². The molecular formula is C20H18N2O3. The Labute approximate surface area is 145 Å². The van der Waals surface area contributed by atoms with Crippen molar-refractivity contribution in [2.45, 2.75) is 18.9 Å². The van der Waals surface area contributed by atoms with Gasteiger partial charge in [0.1, 0.15) is 23.1 Å². The van der Waals surface area contributed by atoms with Crippen LogP contribution in [0.15, 0.2) is 59.0 Å². The number of rotatable bonds is 5. The van der Waals surface area contributed by atoms with Crippen LogP contribution in [-0.4, -0.2) is 13.0 Å². The van der Waals surface area contributed by atoms with Crippen LogP contribution in [0.3, 0.4) is 0 Å². The molecule has 5 heteroatoms. The number of fused-ring (bicyclic) bond motifs is 1. The summed E-state index contributed by atoms with van der Waals surface area (Å²) in [5.74, 6) is 0.329. The van der Waals surface area contributed by atoms with Crippen LogP contribution in [0, 0.1) is 11.3 Å². The van der Waals surface area contributed by atoms with Gasteiger partial charge in [0.2, 0.25) is 5.91 Å². The smallest absolute Gasteiger partial charge is 0.231 e. The van der Waals surface area contributed by atoms with Gasteiger partial charge in [0.15, 0.2) is 0 Å². The fourth-order valence-corrected chi connectivity index (χ4v) is 2.70. The van der Waals surface area contributed by atoms with Gasteiger partial charge in [-0.15, -0.1) is 0 Å². The minimum atomic E-state index is -0.796. The minimum absolute atomic E-state index is 0.281. The molecule has 5 nitrogen and oxygen atoms in total. The van der Waals surface area contributed by atoms with Crippen LogP contribution >= 0.6 is 0 Å². The highest BCUT2D eigenvalue weighted by Crippen LogP contribution is 2.27. The van der Waals surface area contributed by atoms with E-state index in [1.807, 2.05) is 36.4 Å². The summed E-state index contributed by atoms with van der Waals surface area (Å²) in [6.45, 7) is 1.75. The van der Waals surface area contributed by atoms with Gasteiger partial charge in [-0.1, -0.05) is 36.4 Å². The van der Waals surface area contributed by atoms with Gasteiger partial charge in [0, 0.05) is 10.9 Å². The lowest BCUT2D eigenvalue weighted by Gasteiger charge is -2.17. The quantitative estimate of drug-likeness (QED) is 0.767. The van der Waals surface area contributed by atoms with E-state index < -0.39 is 12.0 Å². The second-order valence-electron chi connectivity index (χ2n) is 5.72. The van der Waals surface area contributed by atoms with Crippen molar-refractivity contribution < 1.29 is 13.9 Å². The van der Waals surface area contributed by atoms with Crippen molar-refractivity contribution in [3.8, 4) is 11.8 Å². The number of para-hydroxylation sites is 2. The molecule has 1 N–H and O–H groups in total. The molecule has 0 bridgehead atoms. The molecule has 1 heterocycles. The molecule has 0 aliphatic heterocycles. The first-order valence-electron chi connectivity index (χ1n) is 7.95. The fourth-order valence-electron chi connectivity index (χ4n) is 2.70. The van der Waals surface area contributed by atoms with E-state index in [4.69, 9.17) is 9.15 Å². The summed E-state index contributed by atoms with van der Waals surface area (Å²) < 4.78 is 11.0. The van der Waals surface area contributed by atoms with E-state index in [1.54, 1.807) is 25.1 Å². The lowest BCUT2D eigenvalue weighted by Crippen LogP contribution is -2.31. The van der Waals surface area contributed by atoms with Crippen LogP contribution in [0.25, 0.3) is 11.0 Å². The number of ether oxygens (including phenoxy) is 1. The lowest BCUT2D eigenvalue weighted by molar-refractivity contribution is -0.122. The molecule has 1 aromatic heterocycles. The summed E-state index contributed by atoms with van der Waals surface area (Å²) in [4.78, 5) is 12.6. The predicted octanol–water partition coefficient (Wildman–Crippen LogP) is 3.93. The first kappa shape index (κ1) is 16.6. The first-order chi connectivity index (χ1) is 12.1. The van der Waals surface area contributed by atoms with Crippen molar-refractivity contribution in [3.63, 3.8) is 0 Å². The zero-order chi connectivity index (χ0) is 17.8. The van der Waals surface area contributed by atoms with Crippen molar-refractivity contribution in [2.75, 3.05) is 7.11 Å². The summed E-state index contributed by atoms with van der Waals surface area (Å²) in [6, 6.07) is 17.9. The molecule has 1 amide bonds. The van der Waals surface area contributed by atoms with Gasteiger partial charge in [0.05, 0.1) is 19.1 Å². The van der Waals surface area contributed by atoms with Gasteiger partial charge in [0.25, 0.3) is 0 Å². The molecule has 0 aliphatic carbocycles. The summed E-state index contributed by atoms with van der Waals surface area (Å²) >= 11 is 0. The molecule has 3 aromatic rings. The van der Waals surface area contributed by atoms with Crippen molar-refractivity contribution in [3.05, 3.63) is 65.9 Å². The average Bonchev–Trinajstić information content (AvgIpc) is 3.09. The van der Waals surface area contributed by atoms with Crippen LogP contribution in [0.1, 0.15) is 30.2 Å². The standard InChI is InChI=1S/C20H18N2O3/c1-13(19-11-14-7-3-5-9-17(14)25-19)20(23)22-16(12-21)15-8-4-6-10-18(15)24-2/h3-11,13,16H,1-2H3,(H,22,23)/t13-,16-/m1/s1. The number of carbonyl (C=O) groups is 1. The van der Waals surface area contributed by atoms with Crippen molar-refractivity contribution >= 4 is 16.9 Å². The number of nitrogens with one attached hydrogen (secondary N) is 1. The number of furan rings is 1. The normalized spacial score (nSPS) is 13.0. The minimum Gasteiger partial charge on any atom is -0.496 e. The highest BCUT2D eigenvalue weighted by molar-refractivity contribution is 5.86. The Balaban J connectivity index is 1.81. The number of carbonyl (C=O) groups excluding carboxylic acids is 1. The third kappa shape index (κ3) is 3.33. The maximum Gasteiger partial charge on any atom is 0.231 e. The molecule has 0 saturated heterocycles. The Morgan fingerprint density at radius 2 is 1.92 bits per heavy atom. The van der Waals surface area contributed by atoms with E-state index in [2.05, 4.69) is 11.4 Å². The highest BCUT2D eigenvalue weighted by atomic mass is 16.5. The van der Waals surface area contributed by atoms with Gasteiger partial charge in [-0.2, -0.15) is 5.26 Å². The Bertz CT molecular complexity index is 906. The molecule has 0 spiro atoms. The van der Waals surface area contributed by atoms with Crippen LogP contribution in [0.4, 0.5) is 0 Å². The molecule has 2 aromatic carbocycles. The Hall–Kier alpha value is -3.26. The molecule has 126 valence electrons. The lowest BCUT2D eigenvalue weighted by atomic mass is 10.0. The predicted molar refractivity (Wildman–Crippen MR) is 94.1 cm³/mol. The number of nitrogens with zero attached hydrogens (tertiary/aromatic N) is 1. The van der Waals surface area contributed by atoms with E-state index in [9.17, 15) is 10.1 Å². The van der Waals surface area contributed by atoms with E-state index in [0.29, 0.717) is 17.1 Å². The van der Waals surface area contributed by atoms with E-state index in [0.717, 1.165) is 11.0 Å². The fraction of sp³-hybridized carbons (Fsp3) is 0.200. The second kappa shape index (κ2) is 7.10. The molecule has 0 fully saturated rings. The first-order valence-corrected chi connectivity index (χ1v) is 7.95. The Morgan fingerprint density at radius 1 is 1.20 bits per heavy atom. The average molecular weight is 334 g/mol. The Morgan fingerprint density at radius 3 is 2.64 bits per heavy atom. The Kier molecular flexibility index (Phi) is 4.71. The molecule has 3 rings (SSSR count). The van der Waals surface area contributed by atoms with E-state index >= 15 is 0 Å². The second-order valence-corrected chi connectivity index (χ2v) is 5.72. The van der Waals surface area contributed by atoms with E-state index in [1.165, 1.54) is 7.11 Å². The van der Waals surface area contributed by atoms with Gasteiger partial charge in [-0.05, 0) is 25.1 Å². The van der Waals surface area contributed by atoms with Crippen molar-refractivity contribution in [1.82, 2.24) is 5.32 Å². The molecule has 0 aliphatic rings. The maximum absolute atomic E-state index is 12.6. The molecule has 25 heavy (non-hydrogen) atoms. The van der Waals surface area contributed by atoms with Gasteiger partial charge >= 0.3 is 0 Å². The van der Waals surface area contributed by atoms with Gasteiger partial charge < -0.3 is 14.5 Å². The topological polar surface area (TPSA) is 75.3 Å². The number of methoxy groups -OCH3 is 1. The zero-order valence-electron chi connectivity index (χ0n) is 14.0. The summed E-state index contributed by atoms with van der Waals surface area (Å²) in [6.07, 6.45) is 0. The molecular weight excluding hydrogens is 316 g/mol. The van der Waals surface area contributed by atoms with Crippen LogP contribution in [-0.2, 0) is 4.79 Å². The number of hydrogen-bond acceptors (Lipinski definition) is 4. The third-order valence-electron chi connectivity index (χ3n) is 4.13. The molecule has 0 saturated carbocycles. The number of hydrogen-bond donors (Lipinski definition) is 1. The summed E-state index contributed by atoms with van der Waals surface area (Å²) in [5, 5.41) is 13.2. The molecule has 0 radical (unpaired) electrons. The number of nitriles is 1. The van der Waals surface area contributed by atoms with Crippen LogP contribution in [0.2, 0.25) is 0 Å². The summed E-state index contributed by atoms with van der Waals surface area (Å²) in [7, 11) is 1.53. The monoisotopic (exact) mass is 334 g/mol.